The molecule has 1 heterocycles. The van der Waals surface area contributed by atoms with Crippen molar-refractivity contribution in [3.8, 4) is 11.5 Å². The van der Waals surface area contributed by atoms with Gasteiger partial charge in [0.2, 0.25) is 0 Å². The number of non-ortho nitro benzene ring substituents is 1. The van der Waals surface area contributed by atoms with E-state index in [0.717, 1.165) is 37.1 Å². The summed E-state index contributed by atoms with van der Waals surface area (Å²) in [5.74, 6) is 1.23. The van der Waals surface area contributed by atoms with Gasteiger partial charge in [-0.05, 0) is 62.0 Å². The molecule has 1 unspecified atom stereocenters. The maximum absolute atomic E-state index is 13.8. The van der Waals surface area contributed by atoms with E-state index in [1.807, 2.05) is 12.1 Å². The van der Waals surface area contributed by atoms with Crippen LogP contribution in [0.4, 0.5) is 5.69 Å². The van der Waals surface area contributed by atoms with Gasteiger partial charge in [0.15, 0.2) is 17.3 Å². The SMILES string of the molecule is COc1cc2c(cc1OC)C(=O)C(Cc1cccc([N+](=O)[O-])c1)(CN1CCCCC1)C2. The Kier molecular flexibility index (Phi) is 5.96. The number of hydrogen-bond acceptors (Lipinski definition) is 6. The highest BCUT2D eigenvalue weighted by atomic mass is 16.6. The predicted molar refractivity (Wildman–Crippen MR) is 117 cm³/mol. The van der Waals surface area contributed by atoms with Crippen molar-refractivity contribution >= 4 is 11.5 Å². The molecule has 164 valence electrons. The lowest BCUT2D eigenvalue weighted by Gasteiger charge is -2.36. The third-order valence-electron chi connectivity index (χ3n) is 6.50. The molecule has 0 amide bonds. The molecular formula is C24H28N2O5. The maximum Gasteiger partial charge on any atom is 0.269 e. The van der Waals surface area contributed by atoms with Crippen LogP contribution in [0.1, 0.15) is 40.7 Å². The molecule has 1 fully saturated rings. The minimum absolute atomic E-state index is 0.0527. The average molecular weight is 424 g/mol. The van der Waals surface area contributed by atoms with Crippen molar-refractivity contribution in [1.29, 1.82) is 0 Å². The summed E-state index contributed by atoms with van der Waals surface area (Å²) in [4.78, 5) is 27.1. The number of carbonyl (C=O) groups is 1. The van der Waals surface area contributed by atoms with Crippen LogP contribution in [0, 0.1) is 15.5 Å². The van der Waals surface area contributed by atoms with E-state index in [9.17, 15) is 14.9 Å². The fraction of sp³-hybridized carbons (Fsp3) is 0.458. The summed E-state index contributed by atoms with van der Waals surface area (Å²) in [5.41, 5.74) is 1.82. The summed E-state index contributed by atoms with van der Waals surface area (Å²) in [5, 5.41) is 11.3. The minimum Gasteiger partial charge on any atom is -0.493 e. The zero-order valence-electron chi connectivity index (χ0n) is 18.1. The van der Waals surface area contributed by atoms with E-state index in [0.29, 0.717) is 36.4 Å². The Morgan fingerprint density at radius 2 is 1.77 bits per heavy atom. The molecule has 1 aliphatic heterocycles. The van der Waals surface area contributed by atoms with Gasteiger partial charge in [-0.15, -0.1) is 0 Å². The molecule has 0 N–H and O–H groups in total. The Morgan fingerprint density at radius 1 is 1.06 bits per heavy atom. The van der Waals surface area contributed by atoms with Gasteiger partial charge >= 0.3 is 0 Å². The summed E-state index contributed by atoms with van der Waals surface area (Å²) >= 11 is 0. The van der Waals surface area contributed by atoms with E-state index in [1.165, 1.54) is 12.5 Å². The number of methoxy groups -OCH3 is 2. The molecule has 7 heteroatoms. The summed E-state index contributed by atoms with van der Waals surface area (Å²) in [6.45, 7) is 2.60. The van der Waals surface area contributed by atoms with E-state index >= 15 is 0 Å². The van der Waals surface area contributed by atoms with Crippen molar-refractivity contribution in [3.05, 3.63) is 63.2 Å². The molecule has 0 spiro atoms. The van der Waals surface area contributed by atoms with E-state index < -0.39 is 5.41 Å². The van der Waals surface area contributed by atoms with Crippen molar-refractivity contribution in [1.82, 2.24) is 4.90 Å². The second-order valence-electron chi connectivity index (χ2n) is 8.59. The molecule has 2 aromatic carbocycles. The first-order valence-corrected chi connectivity index (χ1v) is 10.7. The number of ether oxygens (including phenoxy) is 2. The second kappa shape index (κ2) is 8.67. The van der Waals surface area contributed by atoms with Gasteiger partial charge in [-0.25, -0.2) is 0 Å². The van der Waals surface area contributed by atoms with E-state index in [1.54, 1.807) is 32.4 Å². The van der Waals surface area contributed by atoms with Crippen molar-refractivity contribution in [3.63, 3.8) is 0 Å². The van der Waals surface area contributed by atoms with Gasteiger partial charge in [0.05, 0.1) is 24.6 Å². The van der Waals surface area contributed by atoms with E-state index in [-0.39, 0.29) is 16.4 Å². The molecule has 0 radical (unpaired) electrons. The number of nitrogens with zero attached hydrogens (tertiary/aromatic N) is 2. The second-order valence-corrected chi connectivity index (χ2v) is 8.59. The van der Waals surface area contributed by atoms with Crippen molar-refractivity contribution in [2.75, 3.05) is 33.9 Å². The third-order valence-corrected chi connectivity index (χ3v) is 6.50. The van der Waals surface area contributed by atoms with Crippen LogP contribution in [0.3, 0.4) is 0 Å². The maximum atomic E-state index is 13.8. The molecular weight excluding hydrogens is 396 g/mol. The number of carbonyl (C=O) groups excluding carboxylic acids is 1. The van der Waals surface area contributed by atoms with Gasteiger partial charge in [-0.2, -0.15) is 0 Å². The number of nitro groups is 1. The van der Waals surface area contributed by atoms with Gasteiger partial charge in [-0.1, -0.05) is 18.6 Å². The van der Waals surface area contributed by atoms with Gasteiger partial charge in [0.1, 0.15) is 0 Å². The largest absolute Gasteiger partial charge is 0.493 e. The zero-order chi connectivity index (χ0) is 22.0. The number of ketones is 1. The highest BCUT2D eigenvalue weighted by Crippen LogP contribution is 2.45. The molecule has 0 saturated carbocycles. The van der Waals surface area contributed by atoms with Crippen LogP contribution < -0.4 is 9.47 Å². The lowest BCUT2D eigenvalue weighted by molar-refractivity contribution is -0.384. The Morgan fingerprint density at radius 3 is 2.45 bits per heavy atom. The summed E-state index contributed by atoms with van der Waals surface area (Å²) in [7, 11) is 3.15. The number of rotatable bonds is 7. The minimum atomic E-state index is -0.660. The Hall–Kier alpha value is -2.93. The number of Topliss-reactive ketones (excluding diaryl/α,β-unsaturated/α-hetero) is 1. The van der Waals surface area contributed by atoms with Crippen LogP contribution >= 0.6 is 0 Å². The number of benzene rings is 2. The average Bonchev–Trinajstić information content (AvgIpc) is 3.03. The normalized spacial score (nSPS) is 21.0. The van der Waals surface area contributed by atoms with Gasteiger partial charge in [-0.3, -0.25) is 14.9 Å². The topological polar surface area (TPSA) is 81.9 Å². The smallest absolute Gasteiger partial charge is 0.269 e. The van der Waals surface area contributed by atoms with Crippen LogP contribution in [-0.2, 0) is 12.8 Å². The highest BCUT2D eigenvalue weighted by Gasteiger charge is 2.47. The van der Waals surface area contributed by atoms with Crippen LogP contribution in [-0.4, -0.2) is 49.5 Å². The first-order valence-electron chi connectivity index (χ1n) is 10.7. The molecule has 1 aliphatic carbocycles. The van der Waals surface area contributed by atoms with Crippen LogP contribution in [0.25, 0.3) is 0 Å². The van der Waals surface area contributed by atoms with Crippen molar-refractivity contribution in [2.45, 2.75) is 32.1 Å². The molecule has 4 rings (SSSR count). The lowest BCUT2D eigenvalue weighted by atomic mass is 9.77. The molecule has 7 nitrogen and oxygen atoms in total. The van der Waals surface area contributed by atoms with Crippen LogP contribution in [0.2, 0.25) is 0 Å². The summed E-state index contributed by atoms with van der Waals surface area (Å²) in [6, 6.07) is 10.3. The molecule has 1 atom stereocenters. The standard InChI is InChI=1S/C24H28N2O5/c1-30-21-12-18-15-24(16-25-9-4-3-5-10-25,23(27)20(18)13-22(21)31-2)14-17-7-6-8-19(11-17)26(28)29/h6-8,11-13H,3-5,9-10,14-16H2,1-2H3. The fourth-order valence-corrected chi connectivity index (χ4v) is 5.05. The quantitative estimate of drug-likeness (QED) is 0.492. The third kappa shape index (κ3) is 4.14. The number of piperidine rings is 1. The molecule has 1 saturated heterocycles. The summed E-state index contributed by atoms with van der Waals surface area (Å²) in [6.07, 6.45) is 4.53. The van der Waals surface area contributed by atoms with Crippen molar-refractivity contribution in [2.24, 2.45) is 5.41 Å². The number of likely N-dealkylation sites (tertiary alicyclic amines) is 1. The first-order chi connectivity index (χ1) is 15.0. The zero-order valence-corrected chi connectivity index (χ0v) is 18.1. The fourth-order valence-electron chi connectivity index (χ4n) is 5.05. The Bertz CT molecular complexity index is 999. The van der Waals surface area contributed by atoms with Crippen LogP contribution in [0.5, 0.6) is 11.5 Å². The number of nitro benzene ring substituents is 1. The van der Waals surface area contributed by atoms with Gasteiger partial charge < -0.3 is 14.4 Å². The molecule has 0 bridgehead atoms. The monoisotopic (exact) mass is 424 g/mol. The van der Waals surface area contributed by atoms with Gasteiger partial charge in [0, 0.05) is 24.2 Å². The molecule has 2 aliphatic rings. The summed E-state index contributed by atoms with van der Waals surface area (Å²) < 4.78 is 10.9. The lowest BCUT2D eigenvalue weighted by Crippen LogP contribution is -2.45. The van der Waals surface area contributed by atoms with E-state index in [2.05, 4.69) is 4.90 Å². The number of fused-ring (bicyclic) bond motifs is 1. The predicted octanol–water partition coefficient (Wildman–Crippen LogP) is 4.07. The first kappa shape index (κ1) is 21.3. The molecule has 0 aromatic heterocycles. The van der Waals surface area contributed by atoms with Gasteiger partial charge in [0.25, 0.3) is 5.69 Å². The Balaban J connectivity index is 1.73. The Labute approximate surface area is 182 Å². The highest BCUT2D eigenvalue weighted by molar-refractivity contribution is 6.06. The number of hydrogen-bond donors (Lipinski definition) is 0. The molecule has 2 aromatic rings. The van der Waals surface area contributed by atoms with Crippen molar-refractivity contribution < 1.29 is 19.2 Å². The van der Waals surface area contributed by atoms with E-state index in [4.69, 9.17) is 9.47 Å². The van der Waals surface area contributed by atoms with Crippen LogP contribution in [0.15, 0.2) is 36.4 Å². The molecule has 31 heavy (non-hydrogen) atoms.